The molecule has 2 atom stereocenters. The quantitative estimate of drug-likeness (QED) is 0.587. The van der Waals surface area contributed by atoms with Crippen LogP contribution in [0.1, 0.15) is 45.4 Å². The minimum atomic E-state index is 0.725. The van der Waals surface area contributed by atoms with E-state index in [-0.39, 0.29) is 0 Å². The molecule has 3 fully saturated rings. The molecule has 1 heterocycles. The van der Waals surface area contributed by atoms with Crippen molar-refractivity contribution >= 4 is 5.96 Å². The zero-order valence-electron chi connectivity index (χ0n) is 11.0. The summed E-state index contributed by atoms with van der Waals surface area (Å²) in [5.41, 5.74) is 0. The molecule has 3 nitrogen and oxygen atoms in total. The zero-order chi connectivity index (χ0) is 11.7. The average molecular weight is 235 g/mol. The van der Waals surface area contributed by atoms with Gasteiger partial charge in [0.2, 0.25) is 0 Å². The highest BCUT2D eigenvalue weighted by atomic mass is 15.3. The highest BCUT2D eigenvalue weighted by molar-refractivity contribution is 5.81. The number of hydrogen-bond donors (Lipinski definition) is 1. The molecule has 0 spiro atoms. The van der Waals surface area contributed by atoms with Gasteiger partial charge < -0.3 is 10.2 Å². The summed E-state index contributed by atoms with van der Waals surface area (Å²) in [6, 6.07) is 0.725. The molecule has 2 saturated carbocycles. The molecule has 0 bridgehead atoms. The maximum atomic E-state index is 4.68. The largest absolute Gasteiger partial charge is 0.354 e. The Labute approximate surface area is 105 Å². The smallest absolute Gasteiger partial charge is 0.194 e. The molecule has 0 aromatic heterocycles. The van der Waals surface area contributed by atoms with E-state index < -0.39 is 0 Å². The van der Waals surface area contributed by atoms with Crippen molar-refractivity contribution in [1.29, 1.82) is 0 Å². The number of likely N-dealkylation sites (tertiary alicyclic amines) is 1. The molecular weight excluding hydrogens is 210 g/mol. The van der Waals surface area contributed by atoms with Crippen LogP contribution in [0.5, 0.6) is 0 Å². The topological polar surface area (TPSA) is 27.6 Å². The van der Waals surface area contributed by atoms with E-state index in [0.29, 0.717) is 0 Å². The standard InChI is InChI=1S/C14H25N3/c1-2-15-14(16-13-7-8-13)17-9-11-5-3-4-6-12(11)10-17/h11-13H,2-10H2,1H3,(H,15,16). The molecular formula is C14H25N3. The predicted octanol–water partition coefficient (Wildman–Crippen LogP) is 2.24. The molecule has 1 saturated heterocycles. The minimum absolute atomic E-state index is 0.725. The van der Waals surface area contributed by atoms with Gasteiger partial charge in [0, 0.05) is 25.7 Å². The van der Waals surface area contributed by atoms with Crippen molar-refractivity contribution in [2.24, 2.45) is 16.8 Å². The highest BCUT2D eigenvalue weighted by Gasteiger charge is 2.36. The number of fused-ring (bicyclic) bond motifs is 1. The summed E-state index contributed by atoms with van der Waals surface area (Å²) in [6.45, 7) is 5.55. The summed E-state index contributed by atoms with van der Waals surface area (Å²) in [4.78, 5) is 7.21. The van der Waals surface area contributed by atoms with E-state index in [2.05, 4.69) is 22.1 Å². The molecule has 0 radical (unpaired) electrons. The van der Waals surface area contributed by atoms with E-state index in [0.717, 1.165) is 24.4 Å². The first-order chi connectivity index (χ1) is 8.36. The van der Waals surface area contributed by atoms with Crippen molar-refractivity contribution in [3.05, 3.63) is 0 Å². The van der Waals surface area contributed by atoms with Crippen LogP contribution in [-0.4, -0.2) is 36.5 Å². The lowest BCUT2D eigenvalue weighted by atomic mass is 9.82. The fourth-order valence-corrected chi connectivity index (χ4v) is 3.38. The first kappa shape index (κ1) is 11.4. The van der Waals surface area contributed by atoms with E-state index in [1.54, 1.807) is 0 Å². The van der Waals surface area contributed by atoms with E-state index in [4.69, 9.17) is 0 Å². The Morgan fingerprint density at radius 2 is 1.76 bits per heavy atom. The maximum Gasteiger partial charge on any atom is 0.194 e. The third-order valence-electron chi connectivity index (χ3n) is 4.49. The maximum absolute atomic E-state index is 4.68. The normalized spacial score (nSPS) is 33.7. The number of guanidine groups is 1. The number of aliphatic imine (C=N–C) groups is 1. The molecule has 0 aromatic carbocycles. The van der Waals surface area contributed by atoms with E-state index in [1.807, 2.05) is 0 Å². The van der Waals surface area contributed by atoms with Crippen molar-refractivity contribution in [2.75, 3.05) is 19.6 Å². The third-order valence-corrected chi connectivity index (χ3v) is 4.49. The van der Waals surface area contributed by atoms with Crippen molar-refractivity contribution in [3.63, 3.8) is 0 Å². The molecule has 3 heteroatoms. The van der Waals surface area contributed by atoms with Crippen molar-refractivity contribution in [2.45, 2.75) is 51.5 Å². The van der Waals surface area contributed by atoms with Gasteiger partial charge >= 0.3 is 0 Å². The average Bonchev–Trinajstić information content (AvgIpc) is 3.05. The monoisotopic (exact) mass is 235 g/mol. The van der Waals surface area contributed by atoms with Crippen LogP contribution in [-0.2, 0) is 0 Å². The van der Waals surface area contributed by atoms with Gasteiger partial charge in [-0.15, -0.1) is 0 Å². The Morgan fingerprint density at radius 3 is 2.29 bits per heavy atom. The Hall–Kier alpha value is -0.730. The van der Waals surface area contributed by atoms with Crippen LogP contribution >= 0.6 is 0 Å². The number of hydrogen-bond acceptors (Lipinski definition) is 1. The molecule has 0 amide bonds. The van der Waals surface area contributed by atoms with Crippen LogP contribution in [0.25, 0.3) is 0 Å². The van der Waals surface area contributed by atoms with Crippen LogP contribution in [0.3, 0.4) is 0 Å². The van der Waals surface area contributed by atoms with Crippen molar-refractivity contribution in [3.8, 4) is 0 Å². The summed E-state index contributed by atoms with van der Waals surface area (Å²) in [7, 11) is 0. The van der Waals surface area contributed by atoms with Crippen molar-refractivity contribution in [1.82, 2.24) is 10.2 Å². The van der Waals surface area contributed by atoms with Crippen LogP contribution in [0.15, 0.2) is 4.99 Å². The Balaban J connectivity index is 1.63. The number of rotatable bonds is 2. The minimum Gasteiger partial charge on any atom is -0.354 e. The fourth-order valence-electron chi connectivity index (χ4n) is 3.38. The first-order valence-corrected chi connectivity index (χ1v) is 7.42. The second-order valence-electron chi connectivity index (χ2n) is 5.93. The number of nitrogens with zero attached hydrogens (tertiary/aromatic N) is 2. The van der Waals surface area contributed by atoms with Crippen molar-refractivity contribution < 1.29 is 0 Å². The highest BCUT2D eigenvalue weighted by Crippen LogP contribution is 2.36. The van der Waals surface area contributed by atoms with Gasteiger partial charge in [-0.1, -0.05) is 12.8 Å². The van der Waals surface area contributed by atoms with E-state index in [1.165, 1.54) is 57.6 Å². The zero-order valence-corrected chi connectivity index (χ0v) is 11.0. The predicted molar refractivity (Wildman–Crippen MR) is 71.2 cm³/mol. The second-order valence-corrected chi connectivity index (χ2v) is 5.93. The lowest BCUT2D eigenvalue weighted by Gasteiger charge is -2.22. The molecule has 1 aliphatic heterocycles. The van der Waals surface area contributed by atoms with Gasteiger partial charge in [0.15, 0.2) is 5.96 Å². The Morgan fingerprint density at radius 1 is 1.12 bits per heavy atom. The number of nitrogens with one attached hydrogen (secondary N) is 1. The van der Waals surface area contributed by atoms with Gasteiger partial charge in [-0.05, 0) is 44.4 Å². The van der Waals surface area contributed by atoms with Crippen LogP contribution < -0.4 is 5.32 Å². The van der Waals surface area contributed by atoms with Gasteiger partial charge in [-0.25, -0.2) is 0 Å². The lowest BCUT2D eigenvalue weighted by molar-refractivity contribution is 0.299. The van der Waals surface area contributed by atoms with Gasteiger partial charge in [-0.2, -0.15) is 0 Å². The van der Waals surface area contributed by atoms with Crippen LogP contribution in [0.4, 0.5) is 0 Å². The summed E-state index contributed by atoms with van der Waals surface area (Å²) >= 11 is 0. The van der Waals surface area contributed by atoms with E-state index >= 15 is 0 Å². The lowest BCUT2D eigenvalue weighted by Crippen LogP contribution is -2.41. The molecule has 0 aromatic rings. The fraction of sp³-hybridized carbons (Fsp3) is 0.929. The summed E-state index contributed by atoms with van der Waals surface area (Å²) < 4.78 is 0. The molecule has 3 aliphatic rings. The second kappa shape index (κ2) is 4.87. The Kier molecular flexibility index (Phi) is 3.26. The van der Waals surface area contributed by atoms with Gasteiger partial charge in [0.05, 0.1) is 0 Å². The van der Waals surface area contributed by atoms with Gasteiger partial charge in [0.25, 0.3) is 0 Å². The first-order valence-electron chi connectivity index (χ1n) is 7.42. The molecule has 1 N–H and O–H groups in total. The van der Waals surface area contributed by atoms with E-state index in [9.17, 15) is 0 Å². The molecule has 2 aliphatic carbocycles. The molecule has 2 unspecified atom stereocenters. The summed E-state index contributed by atoms with van der Waals surface area (Å²) in [5.74, 6) is 3.10. The molecule has 17 heavy (non-hydrogen) atoms. The third kappa shape index (κ3) is 2.58. The van der Waals surface area contributed by atoms with Gasteiger partial charge in [-0.3, -0.25) is 4.99 Å². The van der Waals surface area contributed by atoms with Gasteiger partial charge in [0.1, 0.15) is 0 Å². The Bertz CT molecular complexity index is 282. The van der Waals surface area contributed by atoms with Crippen LogP contribution in [0.2, 0.25) is 0 Å². The molecule has 96 valence electrons. The van der Waals surface area contributed by atoms with Crippen LogP contribution in [0, 0.1) is 11.8 Å². The SMILES string of the molecule is CCN=C(NC1CC1)N1CC2CCCCC2C1. The summed E-state index contributed by atoms with van der Waals surface area (Å²) in [6.07, 6.45) is 8.47. The summed E-state index contributed by atoms with van der Waals surface area (Å²) in [5, 5.41) is 3.62. The molecule has 3 rings (SSSR count).